The van der Waals surface area contributed by atoms with Crippen molar-refractivity contribution in [1.29, 1.82) is 0 Å². The standard InChI is InChI=1S/C6H5FN2O2/c1-2-4-3-8-6(11)9(7)5(4)10/h2-3H,1H2,(H,8,11). The van der Waals surface area contributed by atoms with Gasteiger partial charge in [0.25, 0.3) is 5.56 Å². The molecule has 1 aromatic rings. The van der Waals surface area contributed by atoms with E-state index in [2.05, 4.69) is 6.58 Å². The highest BCUT2D eigenvalue weighted by atomic mass is 19.2. The number of H-pyrrole nitrogens is 1. The van der Waals surface area contributed by atoms with Crippen LogP contribution in [0.5, 0.6) is 0 Å². The Kier molecular flexibility index (Phi) is 1.72. The zero-order chi connectivity index (χ0) is 8.43. The van der Waals surface area contributed by atoms with Crippen LogP contribution in [0.15, 0.2) is 22.4 Å². The third-order valence-corrected chi connectivity index (χ3v) is 1.17. The summed E-state index contributed by atoms with van der Waals surface area (Å²) in [6, 6.07) is 0. The average Bonchev–Trinajstić information content (AvgIpc) is 2.01. The second kappa shape index (κ2) is 2.53. The number of rotatable bonds is 1. The maximum atomic E-state index is 12.4. The van der Waals surface area contributed by atoms with Gasteiger partial charge in [-0.3, -0.25) is 4.79 Å². The summed E-state index contributed by atoms with van der Waals surface area (Å²) in [6.07, 6.45) is 2.27. The molecule has 0 aliphatic heterocycles. The van der Waals surface area contributed by atoms with Crippen molar-refractivity contribution in [2.75, 3.05) is 0 Å². The van der Waals surface area contributed by atoms with Crippen LogP contribution in [0.25, 0.3) is 6.08 Å². The van der Waals surface area contributed by atoms with Crippen molar-refractivity contribution in [1.82, 2.24) is 9.77 Å². The monoisotopic (exact) mass is 156 g/mol. The fraction of sp³-hybridized carbons (Fsp3) is 0. The Morgan fingerprint density at radius 3 is 2.82 bits per heavy atom. The summed E-state index contributed by atoms with van der Waals surface area (Å²) in [5.41, 5.74) is -2.06. The van der Waals surface area contributed by atoms with Crippen molar-refractivity contribution >= 4 is 6.08 Å². The second-order valence-corrected chi connectivity index (χ2v) is 1.84. The van der Waals surface area contributed by atoms with Gasteiger partial charge in [0, 0.05) is 6.20 Å². The van der Waals surface area contributed by atoms with Crippen LogP contribution >= 0.6 is 0 Å². The largest absolute Gasteiger partial charge is 0.357 e. The SMILES string of the molecule is C=Cc1c[nH]c(=O)n(F)c1=O. The topological polar surface area (TPSA) is 54.9 Å². The van der Waals surface area contributed by atoms with E-state index in [1.165, 1.54) is 0 Å². The molecule has 1 N–H and O–H groups in total. The van der Waals surface area contributed by atoms with Gasteiger partial charge in [0.2, 0.25) is 0 Å². The van der Waals surface area contributed by atoms with Gasteiger partial charge in [-0.1, -0.05) is 21.9 Å². The molecule has 4 nitrogen and oxygen atoms in total. The van der Waals surface area contributed by atoms with Crippen LogP contribution in [0.2, 0.25) is 0 Å². The van der Waals surface area contributed by atoms with E-state index in [1.807, 2.05) is 4.98 Å². The Morgan fingerprint density at radius 2 is 2.27 bits per heavy atom. The summed E-state index contributed by atoms with van der Waals surface area (Å²) in [5.74, 6) is 0. The fourth-order valence-corrected chi connectivity index (χ4v) is 0.610. The van der Waals surface area contributed by atoms with E-state index in [1.54, 1.807) is 0 Å². The molecule has 0 spiro atoms. The molecule has 0 saturated carbocycles. The first-order valence-corrected chi connectivity index (χ1v) is 2.80. The van der Waals surface area contributed by atoms with E-state index < -0.39 is 16.0 Å². The zero-order valence-electron chi connectivity index (χ0n) is 5.50. The van der Waals surface area contributed by atoms with Crippen LogP contribution in [-0.2, 0) is 0 Å². The van der Waals surface area contributed by atoms with Gasteiger partial charge in [-0.2, -0.15) is 0 Å². The van der Waals surface area contributed by atoms with Crippen LogP contribution < -0.4 is 11.2 Å². The molecular weight excluding hydrogens is 151 g/mol. The lowest BCUT2D eigenvalue weighted by Crippen LogP contribution is -2.30. The van der Waals surface area contributed by atoms with Crippen LogP contribution in [0.3, 0.4) is 0 Å². The lowest BCUT2D eigenvalue weighted by atomic mass is 10.3. The molecule has 1 heterocycles. The molecule has 0 unspecified atom stereocenters. The van der Waals surface area contributed by atoms with Gasteiger partial charge in [0.15, 0.2) is 0 Å². The molecule has 0 aliphatic carbocycles. The maximum absolute atomic E-state index is 12.4. The molecule has 11 heavy (non-hydrogen) atoms. The van der Waals surface area contributed by atoms with E-state index in [0.717, 1.165) is 12.3 Å². The number of aromatic amines is 1. The lowest BCUT2D eigenvalue weighted by Gasteiger charge is -1.91. The van der Waals surface area contributed by atoms with Crippen LogP contribution in [-0.4, -0.2) is 9.77 Å². The first kappa shape index (κ1) is 7.46. The summed E-state index contributed by atoms with van der Waals surface area (Å²) in [6.45, 7) is 3.26. The van der Waals surface area contributed by atoms with Gasteiger partial charge in [0.05, 0.1) is 5.56 Å². The molecule has 0 fully saturated rings. The predicted octanol–water partition coefficient (Wildman–Crippen LogP) is -0.0878. The normalized spacial score (nSPS) is 9.55. The fourth-order valence-electron chi connectivity index (χ4n) is 0.610. The quantitative estimate of drug-likeness (QED) is 0.617. The molecule has 0 atom stereocenters. The second-order valence-electron chi connectivity index (χ2n) is 1.84. The van der Waals surface area contributed by atoms with Gasteiger partial charge in [0.1, 0.15) is 0 Å². The van der Waals surface area contributed by atoms with Crippen LogP contribution in [0.4, 0.5) is 4.48 Å². The molecule has 0 radical (unpaired) electrons. The van der Waals surface area contributed by atoms with Crippen LogP contribution in [0.1, 0.15) is 5.56 Å². The van der Waals surface area contributed by atoms with Gasteiger partial charge >= 0.3 is 5.69 Å². The number of nitrogens with zero attached hydrogens (tertiary/aromatic N) is 1. The summed E-state index contributed by atoms with van der Waals surface area (Å²) in [5, 5.41) is 0. The first-order chi connectivity index (χ1) is 5.16. The summed E-state index contributed by atoms with van der Waals surface area (Å²) < 4.78 is 12.4. The Morgan fingerprint density at radius 1 is 1.64 bits per heavy atom. The molecule has 5 heteroatoms. The van der Waals surface area contributed by atoms with E-state index in [4.69, 9.17) is 0 Å². The Balaban J connectivity index is 3.62. The molecular formula is C6H5FN2O2. The van der Waals surface area contributed by atoms with Crippen molar-refractivity contribution in [2.24, 2.45) is 0 Å². The number of hydrogen-bond acceptors (Lipinski definition) is 2. The van der Waals surface area contributed by atoms with Crippen molar-refractivity contribution in [3.63, 3.8) is 0 Å². The number of nitrogens with one attached hydrogen (secondary N) is 1. The minimum atomic E-state index is -1.08. The van der Waals surface area contributed by atoms with E-state index >= 15 is 0 Å². The summed E-state index contributed by atoms with van der Waals surface area (Å²) in [4.78, 5) is 22.6. The lowest BCUT2D eigenvalue weighted by molar-refractivity contribution is 0.330. The first-order valence-electron chi connectivity index (χ1n) is 2.80. The average molecular weight is 156 g/mol. The van der Waals surface area contributed by atoms with Crippen molar-refractivity contribution in [2.45, 2.75) is 0 Å². The van der Waals surface area contributed by atoms with Gasteiger partial charge in [-0.05, 0) is 0 Å². The molecule has 0 amide bonds. The van der Waals surface area contributed by atoms with Gasteiger partial charge in [-0.25, -0.2) is 4.79 Å². The smallest absolute Gasteiger partial charge is 0.311 e. The molecule has 58 valence electrons. The highest BCUT2D eigenvalue weighted by Gasteiger charge is 2.01. The number of hydrogen-bond donors (Lipinski definition) is 1. The molecule has 0 aliphatic rings. The Hall–Kier alpha value is -1.65. The number of halogens is 1. The zero-order valence-corrected chi connectivity index (χ0v) is 5.50. The van der Waals surface area contributed by atoms with E-state index in [0.29, 0.717) is 0 Å². The third kappa shape index (κ3) is 1.12. The molecule has 0 aromatic carbocycles. The maximum Gasteiger partial charge on any atom is 0.357 e. The minimum absolute atomic E-state index is 0.0205. The Labute approximate surface area is 60.5 Å². The van der Waals surface area contributed by atoms with Crippen molar-refractivity contribution < 1.29 is 4.48 Å². The van der Waals surface area contributed by atoms with Crippen molar-refractivity contribution in [3.05, 3.63) is 39.2 Å². The van der Waals surface area contributed by atoms with Gasteiger partial charge < -0.3 is 4.98 Å². The van der Waals surface area contributed by atoms with Crippen LogP contribution in [0, 0.1) is 0 Å². The van der Waals surface area contributed by atoms with E-state index in [9.17, 15) is 14.1 Å². The molecule has 1 rings (SSSR count). The third-order valence-electron chi connectivity index (χ3n) is 1.17. The van der Waals surface area contributed by atoms with Crippen molar-refractivity contribution in [3.8, 4) is 0 Å². The highest BCUT2D eigenvalue weighted by molar-refractivity contribution is 5.42. The molecule has 1 aromatic heterocycles. The highest BCUT2D eigenvalue weighted by Crippen LogP contribution is 1.85. The Bertz CT molecular complexity index is 390. The number of aromatic nitrogens is 2. The summed E-state index contributed by atoms with van der Waals surface area (Å²) in [7, 11) is 0. The van der Waals surface area contributed by atoms with Gasteiger partial charge in [-0.15, -0.1) is 0 Å². The van der Waals surface area contributed by atoms with E-state index in [-0.39, 0.29) is 5.56 Å². The minimum Gasteiger partial charge on any atom is -0.311 e. The summed E-state index contributed by atoms with van der Waals surface area (Å²) >= 11 is 0. The molecule has 0 bridgehead atoms. The molecule has 0 saturated heterocycles. The predicted molar refractivity (Wildman–Crippen MR) is 37.9 cm³/mol.